The molecular weight excluding hydrogens is 350 g/mol. The number of hydrogen-bond acceptors (Lipinski definition) is 3. The van der Waals surface area contributed by atoms with Gasteiger partial charge in [0.2, 0.25) is 0 Å². The van der Waals surface area contributed by atoms with E-state index in [1.165, 1.54) is 16.3 Å². The number of carbonyl (C=O) groups is 2. The summed E-state index contributed by atoms with van der Waals surface area (Å²) in [6.45, 7) is 2.46. The second-order valence-corrected chi connectivity index (χ2v) is 8.34. The van der Waals surface area contributed by atoms with E-state index < -0.39 is 11.8 Å². The highest BCUT2D eigenvalue weighted by Gasteiger charge is 2.40. The highest BCUT2D eigenvalue weighted by Crippen LogP contribution is 2.47. The molecule has 0 radical (unpaired) electrons. The molecule has 4 rings (SSSR count). The Hall–Kier alpha value is -2.40. The maximum absolute atomic E-state index is 12.5. The third-order valence-corrected chi connectivity index (χ3v) is 6.57. The van der Waals surface area contributed by atoms with Gasteiger partial charge in [-0.15, -0.1) is 0 Å². The maximum atomic E-state index is 12.5. The lowest BCUT2D eigenvalue weighted by molar-refractivity contribution is -0.146. The molecule has 2 aromatic rings. The largest absolute Gasteiger partial charge is 0.348 e. The monoisotopic (exact) mass is 379 g/mol. The molecule has 0 spiro atoms. The molecule has 2 fully saturated rings. The van der Waals surface area contributed by atoms with Crippen LogP contribution in [0.1, 0.15) is 43.6 Å². The van der Waals surface area contributed by atoms with Gasteiger partial charge in [0.1, 0.15) is 0 Å². The molecule has 0 atom stereocenters. The summed E-state index contributed by atoms with van der Waals surface area (Å²) in [6, 6.07) is 14.9. The van der Waals surface area contributed by atoms with E-state index in [-0.39, 0.29) is 5.41 Å². The number of nitrogens with one attached hydrogen (secondary N) is 1. The Bertz CT molecular complexity index is 862. The summed E-state index contributed by atoms with van der Waals surface area (Å²) in [5.74, 6) is -0.442. The highest BCUT2D eigenvalue weighted by atomic mass is 16.2. The molecule has 5 nitrogen and oxygen atoms in total. The van der Waals surface area contributed by atoms with Crippen molar-refractivity contribution in [3.63, 3.8) is 0 Å². The number of benzene rings is 2. The van der Waals surface area contributed by atoms with Crippen molar-refractivity contribution in [3.05, 3.63) is 48.0 Å². The van der Waals surface area contributed by atoms with Crippen molar-refractivity contribution in [2.75, 3.05) is 26.2 Å². The first-order valence-electron chi connectivity index (χ1n) is 10.4. The van der Waals surface area contributed by atoms with Crippen LogP contribution in [0.5, 0.6) is 0 Å². The predicted octanol–water partition coefficient (Wildman–Crippen LogP) is 2.79. The van der Waals surface area contributed by atoms with E-state index in [1.54, 1.807) is 4.90 Å². The Morgan fingerprint density at radius 1 is 1.07 bits per heavy atom. The van der Waals surface area contributed by atoms with Gasteiger partial charge >= 0.3 is 11.8 Å². The topological polar surface area (TPSA) is 75.4 Å². The third-order valence-electron chi connectivity index (χ3n) is 6.57. The van der Waals surface area contributed by atoms with Gasteiger partial charge in [0.15, 0.2) is 0 Å². The molecule has 2 amide bonds. The van der Waals surface area contributed by atoms with Gasteiger partial charge in [-0.3, -0.25) is 9.59 Å². The predicted molar refractivity (Wildman–Crippen MR) is 111 cm³/mol. The minimum absolute atomic E-state index is 0.215. The van der Waals surface area contributed by atoms with Gasteiger partial charge in [0, 0.05) is 19.6 Å². The first kappa shape index (κ1) is 18.9. The van der Waals surface area contributed by atoms with Crippen molar-refractivity contribution in [1.29, 1.82) is 0 Å². The quantitative estimate of drug-likeness (QED) is 0.785. The molecule has 1 heterocycles. The van der Waals surface area contributed by atoms with Crippen LogP contribution in [-0.4, -0.2) is 42.9 Å². The van der Waals surface area contributed by atoms with E-state index in [9.17, 15) is 9.59 Å². The number of carbonyl (C=O) groups excluding carboxylic acids is 2. The molecule has 1 saturated heterocycles. The number of amides is 2. The van der Waals surface area contributed by atoms with Gasteiger partial charge in [-0.2, -0.15) is 0 Å². The lowest BCUT2D eigenvalue weighted by Gasteiger charge is -2.32. The molecule has 2 aliphatic rings. The number of likely N-dealkylation sites (tertiary alicyclic amines) is 1. The lowest BCUT2D eigenvalue weighted by atomic mass is 9.86. The molecule has 2 aromatic carbocycles. The molecule has 0 unspecified atom stereocenters. The summed E-state index contributed by atoms with van der Waals surface area (Å²) in [5, 5.41) is 5.34. The first-order valence-corrected chi connectivity index (χ1v) is 10.4. The van der Waals surface area contributed by atoms with Gasteiger partial charge in [-0.1, -0.05) is 42.5 Å². The molecule has 3 N–H and O–H groups in total. The zero-order valence-corrected chi connectivity index (χ0v) is 16.3. The van der Waals surface area contributed by atoms with Crippen LogP contribution in [0.2, 0.25) is 0 Å². The van der Waals surface area contributed by atoms with Crippen molar-refractivity contribution < 1.29 is 9.59 Å². The highest BCUT2D eigenvalue weighted by molar-refractivity contribution is 6.35. The standard InChI is InChI=1S/C23H29N3O2/c24-16-23(10-11-23)12-13-25-21(27)22(28)26-14-8-18(9-15-26)20-7-3-5-17-4-1-2-6-19(17)20/h1-7,18H,8-16,24H2,(H,25,27). The van der Waals surface area contributed by atoms with E-state index in [0.29, 0.717) is 32.1 Å². The fraction of sp³-hybridized carbons (Fsp3) is 0.478. The molecule has 28 heavy (non-hydrogen) atoms. The Balaban J connectivity index is 1.31. The number of rotatable bonds is 5. The zero-order valence-electron chi connectivity index (χ0n) is 16.3. The molecule has 0 bridgehead atoms. The van der Waals surface area contributed by atoms with Crippen LogP contribution in [0.15, 0.2) is 42.5 Å². The van der Waals surface area contributed by atoms with Crippen LogP contribution in [0.4, 0.5) is 0 Å². The first-order chi connectivity index (χ1) is 13.6. The van der Waals surface area contributed by atoms with Crippen LogP contribution < -0.4 is 11.1 Å². The number of fused-ring (bicyclic) bond motifs is 1. The van der Waals surface area contributed by atoms with E-state index in [2.05, 4.69) is 47.8 Å². The normalized spacial score (nSPS) is 18.8. The number of nitrogens with two attached hydrogens (primary N) is 1. The van der Waals surface area contributed by atoms with E-state index in [1.807, 2.05) is 0 Å². The fourth-order valence-corrected chi connectivity index (χ4v) is 4.39. The lowest BCUT2D eigenvalue weighted by Crippen LogP contribution is -2.46. The average Bonchev–Trinajstić information content (AvgIpc) is 3.53. The molecule has 1 saturated carbocycles. The van der Waals surface area contributed by atoms with Crippen molar-refractivity contribution >= 4 is 22.6 Å². The summed E-state index contributed by atoms with van der Waals surface area (Å²) in [6.07, 6.45) is 4.92. The zero-order chi connectivity index (χ0) is 19.6. The van der Waals surface area contributed by atoms with Crippen LogP contribution in [-0.2, 0) is 9.59 Å². The molecule has 148 valence electrons. The van der Waals surface area contributed by atoms with Gasteiger partial charge < -0.3 is 16.0 Å². The van der Waals surface area contributed by atoms with Crippen LogP contribution >= 0.6 is 0 Å². The summed E-state index contributed by atoms with van der Waals surface area (Å²) in [5.41, 5.74) is 7.34. The van der Waals surface area contributed by atoms with Crippen molar-refractivity contribution in [2.45, 2.75) is 38.0 Å². The van der Waals surface area contributed by atoms with Gasteiger partial charge in [0.05, 0.1) is 0 Å². The van der Waals surface area contributed by atoms with Gasteiger partial charge in [-0.05, 0) is 66.3 Å². The summed E-state index contributed by atoms with van der Waals surface area (Å²) >= 11 is 0. The SMILES string of the molecule is NCC1(CCNC(=O)C(=O)N2CCC(c3cccc4ccccc34)CC2)CC1. The second kappa shape index (κ2) is 7.92. The van der Waals surface area contributed by atoms with Crippen LogP contribution in [0.3, 0.4) is 0 Å². The Morgan fingerprint density at radius 2 is 1.79 bits per heavy atom. The minimum atomic E-state index is -0.476. The van der Waals surface area contributed by atoms with Crippen LogP contribution in [0, 0.1) is 5.41 Å². The third kappa shape index (κ3) is 3.90. The molecular formula is C23H29N3O2. The minimum Gasteiger partial charge on any atom is -0.348 e. The van der Waals surface area contributed by atoms with E-state index in [0.717, 1.165) is 32.1 Å². The fourth-order valence-electron chi connectivity index (χ4n) is 4.39. The maximum Gasteiger partial charge on any atom is 0.311 e. The second-order valence-electron chi connectivity index (χ2n) is 8.34. The van der Waals surface area contributed by atoms with E-state index in [4.69, 9.17) is 5.73 Å². The van der Waals surface area contributed by atoms with Crippen molar-refractivity contribution in [1.82, 2.24) is 10.2 Å². The number of nitrogens with zero attached hydrogens (tertiary/aromatic N) is 1. The average molecular weight is 380 g/mol. The van der Waals surface area contributed by atoms with Crippen molar-refractivity contribution in [2.24, 2.45) is 11.1 Å². The molecule has 1 aliphatic carbocycles. The Labute approximate surface area is 166 Å². The smallest absolute Gasteiger partial charge is 0.311 e. The summed E-state index contributed by atoms with van der Waals surface area (Å²) in [4.78, 5) is 26.4. The van der Waals surface area contributed by atoms with E-state index >= 15 is 0 Å². The summed E-state index contributed by atoms with van der Waals surface area (Å²) < 4.78 is 0. The van der Waals surface area contributed by atoms with Gasteiger partial charge in [0.25, 0.3) is 0 Å². The van der Waals surface area contributed by atoms with Crippen LogP contribution in [0.25, 0.3) is 10.8 Å². The molecule has 5 heteroatoms. The van der Waals surface area contributed by atoms with Crippen molar-refractivity contribution in [3.8, 4) is 0 Å². The molecule has 1 aliphatic heterocycles. The van der Waals surface area contributed by atoms with Gasteiger partial charge in [-0.25, -0.2) is 0 Å². The summed E-state index contributed by atoms with van der Waals surface area (Å²) in [7, 11) is 0. The Morgan fingerprint density at radius 3 is 2.50 bits per heavy atom. The molecule has 0 aromatic heterocycles. The number of piperidine rings is 1. The number of hydrogen-bond donors (Lipinski definition) is 2. The Kier molecular flexibility index (Phi) is 5.36.